The number of methoxy groups -OCH3 is 1. The molecule has 182 valence electrons. The Labute approximate surface area is 196 Å². The first kappa shape index (κ1) is 26.8. The minimum atomic E-state index is -3.79. The SMILES string of the molecule is CCCCCN(CCCOC)C(=O)[C@H](CCC(=O)O)CS(=O)(=O)c1ccc2ccccc2c1. The van der Waals surface area contributed by atoms with Crippen LogP contribution in [0.1, 0.15) is 45.4 Å². The summed E-state index contributed by atoms with van der Waals surface area (Å²) in [4.78, 5) is 26.4. The van der Waals surface area contributed by atoms with Gasteiger partial charge in [0.15, 0.2) is 9.84 Å². The molecule has 0 aliphatic heterocycles. The third-order valence-electron chi connectivity index (χ3n) is 5.68. The summed E-state index contributed by atoms with van der Waals surface area (Å²) in [5.74, 6) is -2.67. The molecule has 7 nitrogen and oxygen atoms in total. The number of amides is 1. The van der Waals surface area contributed by atoms with Gasteiger partial charge in [0.2, 0.25) is 5.91 Å². The Morgan fingerprint density at radius 2 is 1.73 bits per heavy atom. The zero-order valence-electron chi connectivity index (χ0n) is 19.5. The summed E-state index contributed by atoms with van der Waals surface area (Å²) in [5, 5.41) is 10.9. The molecule has 0 spiro atoms. The van der Waals surface area contributed by atoms with Crippen LogP contribution in [0.15, 0.2) is 47.4 Å². The highest BCUT2D eigenvalue weighted by Crippen LogP contribution is 2.24. The van der Waals surface area contributed by atoms with Crippen molar-refractivity contribution in [2.75, 3.05) is 32.6 Å². The molecule has 0 fully saturated rings. The molecule has 0 aromatic heterocycles. The molecule has 0 radical (unpaired) electrons. The number of hydrogen-bond acceptors (Lipinski definition) is 5. The summed E-state index contributed by atoms with van der Waals surface area (Å²) < 4.78 is 31.6. The molecule has 1 amide bonds. The van der Waals surface area contributed by atoms with Gasteiger partial charge in [0.1, 0.15) is 0 Å². The van der Waals surface area contributed by atoms with E-state index in [0.29, 0.717) is 26.1 Å². The van der Waals surface area contributed by atoms with Crippen molar-refractivity contribution in [1.29, 1.82) is 0 Å². The average Bonchev–Trinajstić information content (AvgIpc) is 2.80. The molecule has 2 rings (SSSR count). The third kappa shape index (κ3) is 8.44. The summed E-state index contributed by atoms with van der Waals surface area (Å²) in [6.45, 7) is 3.54. The van der Waals surface area contributed by atoms with Gasteiger partial charge in [-0.1, -0.05) is 50.1 Å². The lowest BCUT2D eigenvalue weighted by atomic mass is 10.0. The molecular weight excluding hydrogens is 442 g/mol. The van der Waals surface area contributed by atoms with E-state index >= 15 is 0 Å². The van der Waals surface area contributed by atoms with E-state index in [9.17, 15) is 23.1 Å². The fraction of sp³-hybridized carbons (Fsp3) is 0.520. The van der Waals surface area contributed by atoms with Crippen LogP contribution in [0.25, 0.3) is 10.8 Å². The molecule has 0 saturated heterocycles. The van der Waals surface area contributed by atoms with E-state index in [2.05, 4.69) is 6.92 Å². The predicted octanol–water partition coefficient (Wildman–Crippen LogP) is 4.15. The molecule has 1 N–H and O–H groups in total. The van der Waals surface area contributed by atoms with Gasteiger partial charge >= 0.3 is 5.97 Å². The van der Waals surface area contributed by atoms with Crippen molar-refractivity contribution in [2.24, 2.45) is 5.92 Å². The minimum absolute atomic E-state index is 0.0183. The molecule has 33 heavy (non-hydrogen) atoms. The van der Waals surface area contributed by atoms with Gasteiger partial charge in [-0.2, -0.15) is 0 Å². The second kappa shape index (κ2) is 13.3. The van der Waals surface area contributed by atoms with E-state index in [-0.39, 0.29) is 23.6 Å². The van der Waals surface area contributed by atoms with Crippen LogP contribution >= 0.6 is 0 Å². The second-order valence-corrected chi connectivity index (χ2v) is 10.3. The minimum Gasteiger partial charge on any atom is -0.481 e. The number of aliphatic carboxylic acids is 1. The highest BCUT2D eigenvalue weighted by molar-refractivity contribution is 7.91. The molecule has 1 atom stereocenters. The van der Waals surface area contributed by atoms with Gasteiger partial charge in [-0.25, -0.2) is 8.42 Å². The number of benzene rings is 2. The first-order chi connectivity index (χ1) is 15.8. The van der Waals surface area contributed by atoms with Crippen molar-refractivity contribution < 1.29 is 27.9 Å². The number of nitrogens with zero attached hydrogens (tertiary/aromatic N) is 1. The quantitative estimate of drug-likeness (QED) is 0.387. The van der Waals surface area contributed by atoms with E-state index in [1.807, 2.05) is 24.3 Å². The lowest BCUT2D eigenvalue weighted by molar-refractivity contribution is -0.138. The number of unbranched alkanes of at least 4 members (excludes halogenated alkanes) is 2. The summed E-state index contributed by atoms with van der Waals surface area (Å²) in [6.07, 6.45) is 3.14. The van der Waals surface area contributed by atoms with Crippen LogP contribution in [0.3, 0.4) is 0 Å². The second-order valence-electron chi connectivity index (χ2n) is 8.30. The molecule has 0 unspecified atom stereocenters. The lowest BCUT2D eigenvalue weighted by Crippen LogP contribution is -2.40. The van der Waals surface area contributed by atoms with Crippen LogP contribution in [-0.2, 0) is 24.2 Å². The zero-order chi connectivity index (χ0) is 24.3. The van der Waals surface area contributed by atoms with Crippen LogP contribution < -0.4 is 0 Å². The summed E-state index contributed by atoms with van der Waals surface area (Å²) in [6, 6.07) is 12.4. The largest absolute Gasteiger partial charge is 0.481 e. The average molecular weight is 478 g/mol. The molecule has 0 aliphatic rings. The first-order valence-electron chi connectivity index (χ1n) is 11.5. The molecule has 0 bridgehead atoms. The van der Waals surface area contributed by atoms with Crippen LogP contribution in [-0.4, -0.2) is 62.9 Å². The molecule has 0 saturated carbocycles. The predicted molar refractivity (Wildman–Crippen MR) is 129 cm³/mol. The molecule has 0 aliphatic carbocycles. The number of fused-ring (bicyclic) bond motifs is 1. The van der Waals surface area contributed by atoms with E-state index in [1.165, 1.54) is 0 Å². The van der Waals surface area contributed by atoms with Crippen LogP contribution in [0, 0.1) is 5.92 Å². The van der Waals surface area contributed by atoms with E-state index < -0.39 is 27.5 Å². The fourth-order valence-electron chi connectivity index (χ4n) is 3.84. The van der Waals surface area contributed by atoms with E-state index in [1.54, 1.807) is 30.2 Å². The standard InChI is InChI=1S/C25H35NO6S/c1-3-4-7-15-26(16-8-17-32-2)25(29)22(12-14-24(27)28)19-33(30,31)23-13-11-20-9-5-6-10-21(20)18-23/h5-6,9-11,13,18,22H,3-4,7-8,12,14-17,19H2,1-2H3,(H,27,28)/t22-/m1/s1. The van der Waals surface area contributed by atoms with Gasteiger partial charge in [0, 0.05) is 33.2 Å². The summed E-state index contributed by atoms with van der Waals surface area (Å²) >= 11 is 0. The third-order valence-corrected chi connectivity index (χ3v) is 7.49. The Morgan fingerprint density at radius 1 is 1.03 bits per heavy atom. The van der Waals surface area contributed by atoms with Gasteiger partial charge in [0.05, 0.1) is 16.6 Å². The molecule has 2 aromatic rings. The Bertz CT molecular complexity index is 1010. The van der Waals surface area contributed by atoms with Crippen LogP contribution in [0.5, 0.6) is 0 Å². The van der Waals surface area contributed by atoms with Gasteiger partial charge < -0.3 is 14.7 Å². The Hall–Kier alpha value is -2.45. The first-order valence-corrected chi connectivity index (χ1v) is 13.1. The maximum atomic E-state index is 13.4. The Balaban J connectivity index is 2.27. The van der Waals surface area contributed by atoms with Gasteiger partial charge in [0.25, 0.3) is 0 Å². The number of carboxylic acid groups (broad SMARTS) is 1. The van der Waals surface area contributed by atoms with E-state index in [0.717, 1.165) is 30.0 Å². The molecule has 0 heterocycles. The molecule has 8 heteroatoms. The highest BCUT2D eigenvalue weighted by atomic mass is 32.2. The lowest BCUT2D eigenvalue weighted by Gasteiger charge is -2.27. The fourth-order valence-corrected chi connectivity index (χ4v) is 5.45. The number of carbonyl (C=O) groups excluding carboxylic acids is 1. The van der Waals surface area contributed by atoms with E-state index in [4.69, 9.17) is 4.74 Å². The monoisotopic (exact) mass is 477 g/mol. The Morgan fingerprint density at radius 3 is 2.39 bits per heavy atom. The molecule has 2 aromatic carbocycles. The smallest absolute Gasteiger partial charge is 0.303 e. The van der Waals surface area contributed by atoms with Crippen LogP contribution in [0.4, 0.5) is 0 Å². The van der Waals surface area contributed by atoms with Crippen molar-refractivity contribution >= 4 is 32.5 Å². The van der Waals surface area contributed by atoms with Crippen molar-refractivity contribution in [2.45, 2.75) is 50.3 Å². The van der Waals surface area contributed by atoms with Crippen molar-refractivity contribution in [3.8, 4) is 0 Å². The number of carbonyl (C=O) groups is 2. The maximum Gasteiger partial charge on any atom is 0.303 e. The maximum absolute atomic E-state index is 13.4. The number of rotatable bonds is 15. The summed E-state index contributed by atoms with van der Waals surface area (Å²) in [7, 11) is -2.20. The number of carboxylic acids is 1. The van der Waals surface area contributed by atoms with Crippen LogP contribution in [0.2, 0.25) is 0 Å². The molecular formula is C25H35NO6S. The summed E-state index contributed by atoms with van der Waals surface area (Å²) in [5.41, 5.74) is 0. The van der Waals surface area contributed by atoms with Crippen molar-refractivity contribution in [3.63, 3.8) is 0 Å². The normalized spacial score (nSPS) is 12.5. The topological polar surface area (TPSA) is 101 Å². The van der Waals surface area contributed by atoms with Gasteiger partial charge in [-0.05, 0) is 42.2 Å². The Kier molecular flexibility index (Phi) is 10.8. The van der Waals surface area contributed by atoms with Crippen molar-refractivity contribution in [1.82, 2.24) is 4.90 Å². The number of sulfone groups is 1. The number of ether oxygens (including phenoxy) is 1. The van der Waals surface area contributed by atoms with Gasteiger partial charge in [-0.3, -0.25) is 9.59 Å². The van der Waals surface area contributed by atoms with Crippen molar-refractivity contribution in [3.05, 3.63) is 42.5 Å². The zero-order valence-corrected chi connectivity index (χ0v) is 20.4. The van der Waals surface area contributed by atoms with Gasteiger partial charge in [-0.15, -0.1) is 0 Å². The highest BCUT2D eigenvalue weighted by Gasteiger charge is 2.30. The number of hydrogen-bond donors (Lipinski definition) is 1.